The molecule has 1 aromatic carbocycles. The van der Waals surface area contributed by atoms with Gasteiger partial charge in [-0.25, -0.2) is 0 Å². The standard InChI is InChI=1S/C13H17BO4/c1-17-10-4-5-11-9(3-6-13(15)18-2)8-14(16)12(11)7-10/h4-5,7,9,16H,3,6,8H2,1-2H3. The molecule has 1 aliphatic heterocycles. The van der Waals surface area contributed by atoms with Crippen molar-refractivity contribution in [2.45, 2.75) is 25.1 Å². The van der Waals surface area contributed by atoms with Crippen molar-refractivity contribution in [1.82, 2.24) is 0 Å². The molecule has 0 aliphatic carbocycles. The number of carbonyl (C=O) groups excluding carboxylic acids is 1. The van der Waals surface area contributed by atoms with Crippen molar-refractivity contribution in [3.05, 3.63) is 23.8 Å². The Hall–Kier alpha value is -1.49. The lowest BCUT2D eigenvalue weighted by Gasteiger charge is -2.11. The molecule has 2 rings (SSSR count). The third-order valence-electron chi connectivity index (χ3n) is 3.53. The van der Waals surface area contributed by atoms with Gasteiger partial charge in [-0.05, 0) is 41.8 Å². The van der Waals surface area contributed by atoms with Crippen LogP contribution in [0, 0.1) is 0 Å². The number of benzene rings is 1. The highest BCUT2D eigenvalue weighted by atomic mass is 16.5. The zero-order chi connectivity index (χ0) is 13.1. The van der Waals surface area contributed by atoms with Gasteiger partial charge in [-0.3, -0.25) is 4.79 Å². The van der Waals surface area contributed by atoms with Crippen molar-refractivity contribution >= 4 is 18.3 Å². The van der Waals surface area contributed by atoms with Crippen molar-refractivity contribution in [1.29, 1.82) is 0 Å². The van der Waals surface area contributed by atoms with Crippen LogP contribution in [0.15, 0.2) is 18.2 Å². The molecule has 1 atom stereocenters. The van der Waals surface area contributed by atoms with Crippen LogP contribution in [0.2, 0.25) is 6.32 Å². The highest BCUT2D eigenvalue weighted by Gasteiger charge is 2.33. The first-order valence-corrected chi connectivity index (χ1v) is 6.08. The Bertz CT molecular complexity index is 447. The van der Waals surface area contributed by atoms with Crippen molar-refractivity contribution in [2.75, 3.05) is 14.2 Å². The van der Waals surface area contributed by atoms with E-state index in [0.717, 1.165) is 16.8 Å². The molecule has 0 spiro atoms. The maximum atomic E-state index is 11.2. The van der Waals surface area contributed by atoms with Crippen LogP contribution in [0.5, 0.6) is 5.75 Å². The Kier molecular flexibility index (Phi) is 3.92. The molecule has 0 fully saturated rings. The molecule has 1 unspecified atom stereocenters. The highest BCUT2D eigenvalue weighted by Crippen LogP contribution is 2.32. The molecule has 0 saturated carbocycles. The summed E-state index contributed by atoms with van der Waals surface area (Å²) in [6, 6.07) is 5.74. The van der Waals surface area contributed by atoms with E-state index in [1.165, 1.54) is 7.11 Å². The van der Waals surface area contributed by atoms with E-state index in [2.05, 4.69) is 4.74 Å². The molecule has 18 heavy (non-hydrogen) atoms. The van der Waals surface area contributed by atoms with Gasteiger partial charge in [0.1, 0.15) is 5.75 Å². The molecule has 0 saturated heterocycles. The highest BCUT2D eigenvalue weighted by molar-refractivity contribution is 6.68. The van der Waals surface area contributed by atoms with Crippen molar-refractivity contribution < 1.29 is 19.3 Å². The number of fused-ring (bicyclic) bond motifs is 1. The summed E-state index contributed by atoms with van der Waals surface area (Å²) in [5.41, 5.74) is 2.04. The quantitative estimate of drug-likeness (QED) is 0.636. The van der Waals surface area contributed by atoms with Crippen LogP contribution >= 0.6 is 0 Å². The second-order valence-electron chi connectivity index (χ2n) is 4.56. The zero-order valence-electron chi connectivity index (χ0n) is 10.7. The smallest absolute Gasteiger partial charge is 0.324 e. The Morgan fingerprint density at radius 3 is 2.94 bits per heavy atom. The summed E-state index contributed by atoms with van der Waals surface area (Å²) in [5.74, 6) is 0.771. The van der Waals surface area contributed by atoms with Crippen LogP contribution in [0.1, 0.15) is 24.3 Å². The number of ether oxygens (including phenoxy) is 2. The fourth-order valence-electron chi connectivity index (χ4n) is 2.53. The predicted molar refractivity (Wildman–Crippen MR) is 69.4 cm³/mol. The number of carbonyl (C=O) groups is 1. The number of hydrogen-bond acceptors (Lipinski definition) is 4. The van der Waals surface area contributed by atoms with Gasteiger partial charge in [-0.15, -0.1) is 0 Å². The maximum Gasteiger partial charge on any atom is 0.324 e. The van der Waals surface area contributed by atoms with Crippen LogP contribution in [-0.4, -0.2) is 32.1 Å². The molecular weight excluding hydrogens is 231 g/mol. The second kappa shape index (κ2) is 5.44. The second-order valence-corrected chi connectivity index (χ2v) is 4.56. The van der Waals surface area contributed by atoms with Crippen LogP contribution < -0.4 is 10.2 Å². The first-order valence-electron chi connectivity index (χ1n) is 6.08. The normalized spacial score (nSPS) is 17.5. The van der Waals surface area contributed by atoms with E-state index in [1.54, 1.807) is 7.11 Å². The number of rotatable bonds is 4. The number of hydrogen-bond donors (Lipinski definition) is 1. The maximum absolute atomic E-state index is 11.2. The minimum absolute atomic E-state index is 0.202. The van der Waals surface area contributed by atoms with Crippen LogP contribution in [0.4, 0.5) is 0 Å². The Labute approximate surface area is 107 Å². The van der Waals surface area contributed by atoms with E-state index in [9.17, 15) is 9.82 Å². The lowest BCUT2D eigenvalue weighted by Crippen LogP contribution is -2.25. The Morgan fingerprint density at radius 2 is 2.28 bits per heavy atom. The molecule has 1 aliphatic rings. The SMILES string of the molecule is COC(=O)CCC1CB(O)c2cc(OC)ccc21. The predicted octanol–water partition coefficient (Wildman–Crippen LogP) is 0.936. The lowest BCUT2D eigenvalue weighted by atomic mass is 9.62. The summed E-state index contributed by atoms with van der Waals surface area (Å²) in [6.45, 7) is -0.460. The lowest BCUT2D eigenvalue weighted by molar-refractivity contribution is -0.140. The van der Waals surface area contributed by atoms with Crippen LogP contribution in [0.25, 0.3) is 0 Å². The van der Waals surface area contributed by atoms with Crippen molar-refractivity contribution in [3.8, 4) is 5.75 Å². The number of methoxy groups -OCH3 is 2. The van der Waals surface area contributed by atoms with Gasteiger partial charge in [-0.1, -0.05) is 6.07 Å². The molecule has 96 valence electrons. The van der Waals surface area contributed by atoms with E-state index in [-0.39, 0.29) is 11.9 Å². The fraction of sp³-hybridized carbons (Fsp3) is 0.462. The van der Waals surface area contributed by atoms with E-state index in [1.807, 2.05) is 18.2 Å². The molecule has 0 bridgehead atoms. The third-order valence-corrected chi connectivity index (χ3v) is 3.53. The van der Waals surface area contributed by atoms with E-state index in [4.69, 9.17) is 4.74 Å². The monoisotopic (exact) mass is 248 g/mol. The van der Waals surface area contributed by atoms with Gasteiger partial charge in [0.25, 0.3) is 0 Å². The average molecular weight is 248 g/mol. The van der Waals surface area contributed by atoms with Crippen molar-refractivity contribution in [2.24, 2.45) is 0 Å². The third kappa shape index (κ3) is 2.51. The first kappa shape index (κ1) is 13.0. The minimum Gasteiger partial charge on any atom is -0.497 e. The van der Waals surface area contributed by atoms with Gasteiger partial charge in [0.2, 0.25) is 0 Å². The molecule has 1 aromatic rings. The van der Waals surface area contributed by atoms with Gasteiger partial charge in [-0.2, -0.15) is 0 Å². The number of esters is 1. The molecule has 1 heterocycles. The summed E-state index contributed by atoms with van der Waals surface area (Å²) in [6.07, 6.45) is 1.77. The average Bonchev–Trinajstić information content (AvgIpc) is 2.72. The Morgan fingerprint density at radius 1 is 1.50 bits per heavy atom. The Balaban J connectivity index is 2.12. The van der Waals surface area contributed by atoms with Gasteiger partial charge >= 0.3 is 12.9 Å². The van der Waals surface area contributed by atoms with Gasteiger partial charge < -0.3 is 14.5 Å². The molecular formula is C13H17BO4. The largest absolute Gasteiger partial charge is 0.497 e. The molecule has 1 N–H and O–H groups in total. The van der Waals surface area contributed by atoms with Gasteiger partial charge in [0.05, 0.1) is 14.2 Å². The minimum atomic E-state index is -0.460. The molecule has 0 aromatic heterocycles. The summed E-state index contributed by atoms with van der Waals surface area (Å²) < 4.78 is 9.79. The summed E-state index contributed by atoms with van der Waals surface area (Å²) in [4.78, 5) is 11.2. The summed E-state index contributed by atoms with van der Waals surface area (Å²) in [5, 5.41) is 10.0. The van der Waals surface area contributed by atoms with Crippen LogP contribution in [-0.2, 0) is 9.53 Å². The van der Waals surface area contributed by atoms with Crippen molar-refractivity contribution in [3.63, 3.8) is 0 Å². The van der Waals surface area contributed by atoms with E-state index < -0.39 is 6.92 Å². The van der Waals surface area contributed by atoms with Crippen LogP contribution in [0.3, 0.4) is 0 Å². The zero-order valence-corrected chi connectivity index (χ0v) is 10.7. The topological polar surface area (TPSA) is 55.8 Å². The molecule has 4 nitrogen and oxygen atoms in total. The van der Waals surface area contributed by atoms with E-state index in [0.29, 0.717) is 19.2 Å². The summed E-state index contributed by atoms with van der Waals surface area (Å²) in [7, 11) is 3.00. The molecule has 0 radical (unpaired) electrons. The first-order chi connectivity index (χ1) is 8.65. The van der Waals surface area contributed by atoms with Gasteiger partial charge in [0.15, 0.2) is 0 Å². The summed E-state index contributed by atoms with van der Waals surface area (Å²) >= 11 is 0. The molecule has 0 amide bonds. The fourth-order valence-corrected chi connectivity index (χ4v) is 2.53. The van der Waals surface area contributed by atoms with E-state index >= 15 is 0 Å². The molecule has 5 heteroatoms. The van der Waals surface area contributed by atoms with Gasteiger partial charge in [0, 0.05) is 6.42 Å².